The summed E-state index contributed by atoms with van der Waals surface area (Å²) >= 11 is 0. The van der Waals surface area contributed by atoms with Crippen molar-refractivity contribution < 1.29 is 9.53 Å². The van der Waals surface area contributed by atoms with Gasteiger partial charge in [-0.3, -0.25) is 24.0 Å². The molecule has 0 saturated heterocycles. The van der Waals surface area contributed by atoms with Crippen molar-refractivity contribution in [2.45, 2.75) is 71.1 Å². The zero-order valence-electron chi connectivity index (χ0n) is 18.1. The second-order valence-corrected chi connectivity index (χ2v) is 8.03. The van der Waals surface area contributed by atoms with Gasteiger partial charge in [0.25, 0.3) is 11.5 Å². The molecule has 168 valence electrons. The van der Waals surface area contributed by atoms with Crippen LogP contribution in [0.4, 0.5) is 11.5 Å². The molecule has 1 aromatic heterocycles. The number of rotatable bonds is 9. The van der Waals surface area contributed by atoms with E-state index < -0.39 is 11.2 Å². The lowest BCUT2D eigenvalue weighted by molar-refractivity contribution is -0.125. The normalized spacial score (nSPS) is 14.5. The molecule has 8 nitrogen and oxygen atoms in total. The minimum Gasteiger partial charge on any atom is -0.383 e. The second kappa shape index (κ2) is 10.9. The SMILES string of the molecule is CCCCn1c(N)c(N(Cc2ccccc2)C(=O)COC2CCCCC2)c(=O)[nH]c1=O. The molecule has 0 radical (unpaired) electrons. The van der Waals surface area contributed by atoms with E-state index in [1.54, 1.807) is 0 Å². The van der Waals surface area contributed by atoms with E-state index in [9.17, 15) is 14.4 Å². The monoisotopic (exact) mass is 428 g/mol. The molecule has 1 amide bonds. The van der Waals surface area contributed by atoms with Crippen molar-refractivity contribution in [2.75, 3.05) is 17.2 Å². The molecule has 1 aliphatic carbocycles. The first-order chi connectivity index (χ1) is 15.0. The van der Waals surface area contributed by atoms with Crippen LogP contribution in [0.5, 0.6) is 0 Å². The Morgan fingerprint density at radius 2 is 1.90 bits per heavy atom. The lowest BCUT2D eigenvalue weighted by Gasteiger charge is -2.27. The molecule has 0 spiro atoms. The van der Waals surface area contributed by atoms with Crippen molar-refractivity contribution in [1.82, 2.24) is 9.55 Å². The summed E-state index contributed by atoms with van der Waals surface area (Å²) in [6.45, 7) is 2.40. The number of hydrogen-bond donors (Lipinski definition) is 2. The highest BCUT2D eigenvalue weighted by Gasteiger charge is 2.26. The van der Waals surface area contributed by atoms with Crippen molar-refractivity contribution in [3.05, 3.63) is 56.7 Å². The van der Waals surface area contributed by atoms with Gasteiger partial charge in [0.1, 0.15) is 12.4 Å². The quantitative estimate of drug-likeness (QED) is 0.638. The van der Waals surface area contributed by atoms with Crippen LogP contribution in [0.3, 0.4) is 0 Å². The molecule has 8 heteroatoms. The Bertz CT molecular complexity index is 977. The topological polar surface area (TPSA) is 110 Å². The minimum absolute atomic E-state index is 0.00296. The molecule has 1 heterocycles. The molecule has 1 saturated carbocycles. The summed E-state index contributed by atoms with van der Waals surface area (Å²) < 4.78 is 7.20. The van der Waals surface area contributed by atoms with E-state index in [-0.39, 0.29) is 36.7 Å². The highest BCUT2D eigenvalue weighted by molar-refractivity contribution is 5.96. The Balaban J connectivity index is 1.92. The van der Waals surface area contributed by atoms with Crippen LogP contribution >= 0.6 is 0 Å². The van der Waals surface area contributed by atoms with Gasteiger partial charge in [0.2, 0.25) is 0 Å². The molecular formula is C23H32N4O4. The Morgan fingerprint density at radius 3 is 2.58 bits per heavy atom. The third-order valence-corrected chi connectivity index (χ3v) is 5.70. The van der Waals surface area contributed by atoms with E-state index in [1.807, 2.05) is 37.3 Å². The molecular weight excluding hydrogens is 396 g/mol. The highest BCUT2D eigenvalue weighted by Crippen LogP contribution is 2.23. The number of benzene rings is 1. The van der Waals surface area contributed by atoms with Gasteiger partial charge >= 0.3 is 5.69 Å². The molecule has 0 unspecified atom stereocenters. The highest BCUT2D eigenvalue weighted by atomic mass is 16.5. The summed E-state index contributed by atoms with van der Waals surface area (Å²) in [6, 6.07) is 9.37. The van der Waals surface area contributed by atoms with E-state index in [2.05, 4.69) is 4.98 Å². The summed E-state index contributed by atoms with van der Waals surface area (Å²) in [4.78, 5) is 41.9. The Morgan fingerprint density at radius 1 is 1.19 bits per heavy atom. The van der Waals surface area contributed by atoms with Gasteiger partial charge in [0.15, 0.2) is 5.69 Å². The summed E-state index contributed by atoms with van der Waals surface area (Å²) in [7, 11) is 0. The summed E-state index contributed by atoms with van der Waals surface area (Å²) in [5.74, 6) is -0.350. The number of carbonyl (C=O) groups excluding carboxylic acids is 1. The summed E-state index contributed by atoms with van der Waals surface area (Å²) in [6.07, 6.45) is 6.93. The molecule has 1 aromatic carbocycles. The fourth-order valence-corrected chi connectivity index (χ4v) is 3.93. The van der Waals surface area contributed by atoms with Gasteiger partial charge in [-0.2, -0.15) is 0 Å². The van der Waals surface area contributed by atoms with E-state index in [4.69, 9.17) is 10.5 Å². The zero-order chi connectivity index (χ0) is 22.2. The fourth-order valence-electron chi connectivity index (χ4n) is 3.93. The number of carbonyl (C=O) groups is 1. The van der Waals surface area contributed by atoms with Gasteiger partial charge in [0.05, 0.1) is 12.6 Å². The van der Waals surface area contributed by atoms with Gasteiger partial charge in [-0.1, -0.05) is 62.9 Å². The van der Waals surface area contributed by atoms with Gasteiger partial charge in [-0.15, -0.1) is 0 Å². The van der Waals surface area contributed by atoms with Crippen LogP contribution in [0.1, 0.15) is 57.4 Å². The van der Waals surface area contributed by atoms with E-state index in [0.29, 0.717) is 6.54 Å². The van der Waals surface area contributed by atoms with Crippen LogP contribution in [-0.2, 0) is 22.6 Å². The Hall–Kier alpha value is -2.87. The van der Waals surface area contributed by atoms with E-state index >= 15 is 0 Å². The Kier molecular flexibility index (Phi) is 8.06. The van der Waals surface area contributed by atoms with Crippen molar-refractivity contribution in [1.29, 1.82) is 0 Å². The first-order valence-electron chi connectivity index (χ1n) is 11.1. The molecule has 0 bridgehead atoms. The number of hydrogen-bond acceptors (Lipinski definition) is 5. The summed E-state index contributed by atoms with van der Waals surface area (Å²) in [5.41, 5.74) is 5.87. The lowest BCUT2D eigenvalue weighted by atomic mass is 9.98. The number of ether oxygens (including phenoxy) is 1. The number of aromatic nitrogens is 2. The Labute approximate surface area is 182 Å². The van der Waals surface area contributed by atoms with Crippen molar-refractivity contribution in [2.24, 2.45) is 0 Å². The first-order valence-corrected chi connectivity index (χ1v) is 11.1. The molecule has 0 aliphatic heterocycles. The minimum atomic E-state index is -0.669. The van der Waals surface area contributed by atoms with Crippen molar-refractivity contribution in [3.8, 4) is 0 Å². The zero-order valence-corrected chi connectivity index (χ0v) is 18.1. The molecule has 2 aromatic rings. The standard InChI is InChI=1S/C23H32N4O4/c1-2-3-14-26-21(24)20(22(29)25-23(26)30)27(15-17-10-6-4-7-11-17)19(28)16-31-18-12-8-5-9-13-18/h4,6-7,10-11,18H,2-3,5,8-9,12-16,24H2,1H3,(H,25,29,30). The average molecular weight is 429 g/mol. The largest absolute Gasteiger partial charge is 0.383 e. The second-order valence-electron chi connectivity index (χ2n) is 8.03. The number of anilines is 2. The van der Waals surface area contributed by atoms with E-state index in [0.717, 1.165) is 44.1 Å². The number of amides is 1. The summed E-state index contributed by atoms with van der Waals surface area (Å²) in [5, 5.41) is 0. The number of H-pyrrole nitrogens is 1. The molecule has 31 heavy (non-hydrogen) atoms. The van der Waals surface area contributed by atoms with Crippen LogP contribution in [0.2, 0.25) is 0 Å². The van der Waals surface area contributed by atoms with E-state index in [1.165, 1.54) is 15.9 Å². The maximum atomic E-state index is 13.2. The van der Waals surface area contributed by atoms with Crippen LogP contribution < -0.4 is 21.9 Å². The molecule has 0 atom stereocenters. The maximum absolute atomic E-state index is 13.2. The molecule has 3 rings (SSSR count). The average Bonchev–Trinajstić information content (AvgIpc) is 2.78. The smallest absolute Gasteiger partial charge is 0.330 e. The predicted octanol–water partition coefficient (Wildman–Crippen LogP) is 2.80. The number of nitrogens with one attached hydrogen (secondary N) is 1. The number of nitrogens with two attached hydrogens (primary N) is 1. The number of aromatic amines is 1. The molecule has 1 fully saturated rings. The number of nitrogens with zero attached hydrogens (tertiary/aromatic N) is 2. The van der Waals surface area contributed by atoms with Gasteiger partial charge < -0.3 is 10.5 Å². The third-order valence-electron chi connectivity index (χ3n) is 5.70. The molecule has 3 N–H and O–H groups in total. The predicted molar refractivity (Wildman–Crippen MR) is 121 cm³/mol. The van der Waals surface area contributed by atoms with Crippen molar-refractivity contribution >= 4 is 17.4 Å². The van der Waals surface area contributed by atoms with Gasteiger partial charge in [-0.05, 0) is 24.8 Å². The maximum Gasteiger partial charge on any atom is 0.330 e. The van der Waals surface area contributed by atoms with Crippen LogP contribution in [0.25, 0.3) is 0 Å². The van der Waals surface area contributed by atoms with Crippen LogP contribution in [0, 0.1) is 0 Å². The lowest BCUT2D eigenvalue weighted by Crippen LogP contribution is -2.42. The van der Waals surface area contributed by atoms with Gasteiger partial charge in [0, 0.05) is 6.54 Å². The van der Waals surface area contributed by atoms with Crippen LogP contribution in [0.15, 0.2) is 39.9 Å². The number of unbranched alkanes of at least 4 members (excludes halogenated alkanes) is 1. The fraction of sp³-hybridized carbons (Fsp3) is 0.522. The third kappa shape index (κ3) is 5.85. The first kappa shape index (κ1) is 22.8. The van der Waals surface area contributed by atoms with Crippen LogP contribution in [-0.4, -0.2) is 28.2 Å². The van der Waals surface area contributed by atoms with Crippen molar-refractivity contribution in [3.63, 3.8) is 0 Å². The number of nitrogen functional groups attached to an aromatic ring is 1. The molecule has 1 aliphatic rings. The van der Waals surface area contributed by atoms with Gasteiger partial charge in [-0.25, -0.2) is 4.79 Å².